The lowest BCUT2D eigenvalue weighted by atomic mass is 10.2. The maximum absolute atomic E-state index is 11.9. The van der Waals surface area contributed by atoms with Crippen LogP contribution in [0.5, 0.6) is 0 Å². The summed E-state index contributed by atoms with van der Waals surface area (Å²) in [5.41, 5.74) is 0. The van der Waals surface area contributed by atoms with Crippen LogP contribution >= 0.6 is 0 Å². The van der Waals surface area contributed by atoms with E-state index in [4.69, 9.17) is 0 Å². The summed E-state index contributed by atoms with van der Waals surface area (Å²) in [4.78, 5) is 24.9. The minimum absolute atomic E-state index is 0.0365. The molecule has 0 aromatic heterocycles. The second-order valence-corrected chi connectivity index (χ2v) is 5.71. The minimum Gasteiger partial charge on any atom is -0.355 e. The van der Waals surface area contributed by atoms with E-state index in [-0.39, 0.29) is 11.8 Å². The first-order valence-corrected chi connectivity index (χ1v) is 8.08. The van der Waals surface area contributed by atoms with Gasteiger partial charge in [-0.25, -0.2) is 0 Å². The third-order valence-corrected chi connectivity index (χ3v) is 3.66. The summed E-state index contributed by atoms with van der Waals surface area (Å²) in [6.07, 6.45) is 4.69. The molecule has 1 atom stereocenters. The number of rotatable bonds is 10. The highest BCUT2D eigenvalue weighted by Gasteiger charge is 2.19. The van der Waals surface area contributed by atoms with Crippen LogP contribution in [0, 0.1) is 0 Å². The van der Waals surface area contributed by atoms with E-state index in [0.29, 0.717) is 25.7 Å². The van der Waals surface area contributed by atoms with Crippen molar-refractivity contribution in [2.24, 2.45) is 0 Å². The largest absolute Gasteiger partial charge is 0.355 e. The van der Waals surface area contributed by atoms with E-state index in [1.165, 1.54) is 19.8 Å². The van der Waals surface area contributed by atoms with Gasteiger partial charge in [0.15, 0.2) is 0 Å². The Morgan fingerprint density at radius 2 is 2.05 bits per heavy atom. The third kappa shape index (κ3) is 8.67. The Morgan fingerprint density at radius 1 is 1.29 bits per heavy atom. The molecule has 0 aromatic carbocycles. The van der Waals surface area contributed by atoms with Gasteiger partial charge in [0.1, 0.15) is 0 Å². The second kappa shape index (κ2) is 10.6. The number of carbonyl (C=O) groups is 2. The van der Waals surface area contributed by atoms with Crippen molar-refractivity contribution in [1.29, 1.82) is 0 Å². The van der Waals surface area contributed by atoms with E-state index in [2.05, 4.69) is 27.8 Å². The Morgan fingerprint density at radius 3 is 2.67 bits per heavy atom. The SMILES string of the molecule is CCCCN(CC(=O)NCCNC(C)=O)CC1CCCN1. The molecule has 2 amide bonds. The molecule has 0 spiro atoms. The number of hydrogen-bond acceptors (Lipinski definition) is 4. The van der Waals surface area contributed by atoms with Gasteiger partial charge < -0.3 is 16.0 Å². The molecule has 122 valence electrons. The Labute approximate surface area is 128 Å². The monoisotopic (exact) mass is 298 g/mol. The van der Waals surface area contributed by atoms with Gasteiger partial charge in [-0.1, -0.05) is 13.3 Å². The first-order chi connectivity index (χ1) is 10.1. The highest BCUT2D eigenvalue weighted by molar-refractivity contribution is 5.78. The summed E-state index contributed by atoms with van der Waals surface area (Å²) in [7, 11) is 0. The Balaban J connectivity index is 2.25. The van der Waals surface area contributed by atoms with Crippen LogP contribution in [0.1, 0.15) is 39.5 Å². The van der Waals surface area contributed by atoms with Gasteiger partial charge in [-0.15, -0.1) is 0 Å². The molecule has 0 saturated carbocycles. The van der Waals surface area contributed by atoms with Crippen molar-refractivity contribution in [3.63, 3.8) is 0 Å². The standard InChI is InChI=1S/C15H30N4O2/c1-3-4-10-19(11-14-6-5-7-17-14)12-15(21)18-9-8-16-13(2)20/h14,17H,3-12H2,1-2H3,(H,16,20)(H,18,21). The van der Waals surface area contributed by atoms with Gasteiger partial charge >= 0.3 is 0 Å². The zero-order valence-electron chi connectivity index (χ0n) is 13.4. The molecular weight excluding hydrogens is 268 g/mol. The molecule has 0 aromatic rings. The molecule has 1 saturated heterocycles. The fraction of sp³-hybridized carbons (Fsp3) is 0.867. The summed E-state index contributed by atoms with van der Waals surface area (Å²) >= 11 is 0. The topological polar surface area (TPSA) is 73.5 Å². The molecule has 6 nitrogen and oxygen atoms in total. The van der Waals surface area contributed by atoms with Crippen LogP contribution in [-0.4, -0.2) is 62.0 Å². The van der Waals surface area contributed by atoms with Gasteiger partial charge in [0, 0.05) is 32.6 Å². The molecule has 1 aliphatic heterocycles. The van der Waals surface area contributed by atoms with Crippen LogP contribution in [0.2, 0.25) is 0 Å². The van der Waals surface area contributed by atoms with E-state index in [9.17, 15) is 9.59 Å². The van der Waals surface area contributed by atoms with E-state index >= 15 is 0 Å². The lowest BCUT2D eigenvalue weighted by Crippen LogP contribution is -2.44. The smallest absolute Gasteiger partial charge is 0.234 e. The van der Waals surface area contributed by atoms with Gasteiger partial charge in [-0.05, 0) is 32.4 Å². The van der Waals surface area contributed by atoms with Gasteiger partial charge in [-0.3, -0.25) is 14.5 Å². The van der Waals surface area contributed by atoms with Crippen molar-refractivity contribution in [3.8, 4) is 0 Å². The average molecular weight is 298 g/mol. The predicted molar refractivity (Wildman–Crippen MR) is 84.1 cm³/mol. The summed E-state index contributed by atoms with van der Waals surface area (Å²) in [5, 5.41) is 9.00. The first kappa shape index (κ1) is 17.9. The molecule has 1 fully saturated rings. The van der Waals surface area contributed by atoms with Crippen LogP contribution in [0.15, 0.2) is 0 Å². The Kier molecular flexibility index (Phi) is 9.01. The van der Waals surface area contributed by atoms with Crippen molar-refractivity contribution in [2.45, 2.75) is 45.6 Å². The molecule has 0 aliphatic carbocycles. The highest BCUT2D eigenvalue weighted by Crippen LogP contribution is 2.07. The van der Waals surface area contributed by atoms with E-state index in [1.807, 2.05) is 0 Å². The lowest BCUT2D eigenvalue weighted by Gasteiger charge is -2.25. The molecular formula is C15H30N4O2. The summed E-state index contributed by atoms with van der Waals surface area (Å²) < 4.78 is 0. The summed E-state index contributed by atoms with van der Waals surface area (Å²) in [6, 6.07) is 0.522. The maximum atomic E-state index is 11.9. The molecule has 0 radical (unpaired) electrons. The van der Waals surface area contributed by atoms with Gasteiger partial charge in [0.25, 0.3) is 0 Å². The molecule has 0 bridgehead atoms. The number of hydrogen-bond donors (Lipinski definition) is 3. The van der Waals surface area contributed by atoms with Crippen molar-refractivity contribution in [1.82, 2.24) is 20.9 Å². The zero-order chi connectivity index (χ0) is 15.5. The van der Waals surface area contributed by atoms with Crippen molar-refractivity contribution >= 4 is 11.8 Å². The third-order valence-electron chi connectivity index (χ3n) is 3.66. The number of amides is 2. The fourth-order valence-electron chi connectivity index (χ4n) is 2.54. The Hall–Kier alpha value is -1.14. The fourth-order valence-corrected chi connectivity index (χ4v) is 2.54. The average Bonchev–Trinajstić information content (AvgIpc) is 2.93. The second-order valence-electron chi connectivity index (χ2n) is 5.71. The van der Waals surface area contributed by atoms with E-state index < -0.39 is 0 Å². The van der Waals surface area contributed by atoms with Gasteiger partial charge in [0.2, 0.25) is 11.8 Å². The van der Waals surface area contributed by atoms with Crippen molar-refractivity contribution in [2.75, 3.05) is 39.3 Å². The maximum Gasteiger partial charge on any atom is 0.234 e. The first-order valence-electron chi connectivity index (χ1n) is 8.08. The van der Waals surface area contributed by atoms with Crippen LogP contribution in [-0.2, 0) is 9.59 Å². The highest BCUT2D eigenvalue weighted by atomic mass is 16.2. The number of carbonyl (C=O) groups excluding carboxylic acids is 2. The predicted octanol–water partition coefficient (Wildman–Crippen LogP) is 0.0928. The van der Waals surface area contributed by atoms with Crippen LogP contribution in [0.4, 0.5) is 0 Å². The van der Waals surface area contributed by atoms with E-state index in [1.54, 1.807) is 0 Å². The van der Waals surface area contributed by atoms with Gasteiger partial charge in [0.05, 0.1) is 6.54 Å². The number of nitrogens with one attached hydrogen (secondary N) is 3. The van der Waals surface area contributed by atoms with Crippen molar-refractivity contribution < 1.29 is 9.59 Å². The minimum atomic E-state index is -0.0684. The van der Waals surface area contributed by atoms with Crippen LogP contribution in [0.25, 0.3) is 0 Å². The summed E-state index contributed by atoms with van der Waals surface area (Å²) in [5.74, 6) is -0.0319. The molecule has 21 heavy (non-hydrogen) atoms. The number of unbranched alkanes of at least 4 members (excludes halogenated alkanes) is 1. The zero-order valence-corrected chi connectivity index (χ0v) is 13.4. The lowest BCUT2D eigenvalue weighted by molar-refractivity contribution is -0.123. The molecule has 1 heterocycles. The van der Waals surface area contributed by atoms with Crippen LogP contribution < -0.4 is 16.0 Å². The quantitative estimate of drug-likeness (QED) is 0.500. The normalized spacial score (nSPS) is 18.0. The Bertz CT molecular complexity index is 317. The van der Waals surface area contributed by atoms with Crippen LogP contribution in [0.3, 0.4) is 0 Å². The van der Waals surface area contributed by atoms with Crippen molar-refractivity contribution in [3.05, 3.63) is 0 Å². The molecule has 1 rings (SSSR count). The molecule has 1 unspecified atom stereocenters. The van der Waals surface area contributed by atoms with E-state index in [0.717, 1.165) is 32.5 Å². The molecule has 1 aliphatic rings. The van der Waals surface area contributed by atoms with Gasteiger partial charge in [-0.2, -0.15) is 0 Å². The molecule has 3 N–H and O–H groups in total. The molecule has 6 heteroatoms. The summed E-state index contributed by atoms with van der Waals surface area (Å²) in [6.45, 7) is 8.06. The number of nitrogens with zero attached hydrogens (tertiary/aromatic N) is 1.